The van der Waals surface area contributed by atoms with Crippen LogP contribution < -0.4 is 5.32 Å². The van der Waals surface area contributed by atoms with Gasteiger partial charge in [-0.2, -0.15) is 13.2 Å². The second-order valence-corrected chi connectivity index (χ2v) is 6.54. The first-order valence-corrected chi connectivity index (χ1v) is 7.98. The van der Waals surface area contributed by atoms with Crippen molar-refractivity contribution in [3.05, 3.63) is 28.1 Å². The predicted octanol–water partition coefficient (Wildman–Crippen LogP) is 3.32. The normalized spacial score (nSPS) is 12.9. The predicted molar refractivity (Wildman–Crippen MR) is 79.7 cm³/mol. The fourth-order valence-corrected chi connectivity index (χ4v) is 3.53. The van der Waals surface area contributed by atoms with Crippen molar-refractivity contribution in [2.24, 2.45) is 0 Å². The van der Waals surface area contributed by atoms with Crippen LogP contribution in [0.4, 0.5) is 13.2 Å². The molecule has 124 valence electrons. The minimum absolute atomic E-state index is 0.0989. The molecule has 0 aromatic carbocycles. The van der Waals surface area contributed by atoms with Gasteiger partial charge < -0.3 is 10.4 Å². The van der Waals surface area contributed by atoms with E-state index in [0.29, 0.717) is 10.7 Å². The molecule has 2 N–H and O–H groups in total. The Bertz CT molecular complexity index is 711. The molecule has 0 saturated carbocycles. The summed E-state index contributed by atoms with van der Waals surface area (Å²) < 4.78 is 37.1. The van der Waals surface area contributed by atoms with Gasteiger partial charge in [-0.1, -0.05) is 6.07 Å². The molecule has 0 aliphatic rings. The molecule has 0 fully saturated rings. The van der Waals surface area contributed by atoms with E-state index in [2.05, 4.69) is 4.98 Å². The highest BCUT2D eigenvalue weighted by atomic mass is 32.1. The number of carboxylic acids is 1. The number of carbonyl (C=O) groups is 2. The molecule has 2 rings (SSSR count). The topological polar surface area (TPSA) is 79.3 Å². The maximum atomic E-state index is 12.4. The number of aromatic nitrogens is 1. The average Bonchev–Trinajstić information content (AvgIpc) is 3.04. The lowest BCUT2D eigenvalue weighted by molar-refractivity contribution is -0.157. The first kappa shape index (κ1) is 17.4. The number of rotatable bonds is 5. The lowest BCUT2D eigenvalue weighted by Gasteiger charge is -2.15. The number of amides is 1. The Morgan fingerprint density at radius 2 is 2.13 bits per heavy atom. The number of carboxylic acid groups (broad SMARTS) is 1. The van der Waals surface area contributed by atoms with Gasteiger partial charge >= 0.3 is 12.1 Å². The molecular weight excluding hydrogens is 353 g/mol. The largest absolute Gasteiger partial charge is 0.480 e. The number of thiazole rings is 1. The third kappa shape index (κ3) is 4.52. The molecule has 0 aliphatic heterocycles. The first-order valence-electron chi connectivity index (χ1n) is 6.29. The summed E-state index contributed by atoms with van der Waals surface area (Å²) in [6.07, 6.45) is -6.33. The van der Waals surface area contributed by atoms with Crippen LogP contribution in [0.1, 0.15) is 21.8 Å². The molecule has 0 saturated heterocycles. The van der Waals surface area contributed by atoms with Gasteiger partial charge in [-0.25, -0.2) is 9.78 Å². The summed E-state index contributed by atoms with van der Waals surface area (Å²) in [5.74, 6) is -2.62. The Morgan fingerprint density at radius 3 is 2.65 bits per heavy atom. The van der Waals surface area contributed by atoms with Crippen molar-refractivity contribution in [2.75, 3.05) is 0 Å². The number of nitrogens with zero attached hydrogens (tertiary/aromatic N) is 1. The molecule has 10 heteroatoms. The van der Waals surface area contributed by atoms with E-state index < -0.39 is 30.5 Å². The molecule has 2 aromatic rings. The monoisotopic (exact) mass is 364 g/mol. The minimum atomic E-state index is -4.69. The van der Waals surface area contributed by atoms with Gasteiger partial charge in [0.25, 0.3) is 5.91 Å². The van der Waals surface area contributed by atoms with Crippen LogP contribution in [0.3, 0.4) is 0 Å². The van der Waals surface area contributed by atoms with E-state index in [1.807, 2.05) is 10.7 Å². The average molecular weight is 364 g/mol. The van der Waals surface area contributed by atoms with Crippen LogP contribution in [0.15, 0.2) is 17.5 Å². The lowest BCUT2D eigenvalue weighted by Crippen LogP contribution is -2.43. The number of carbonyl (C=O) groups excluding carboxylic acids is 1. The van der Waals surface area contributed by atoms with Crippen LogP contribution in [-0.4, -0.2) is 34.2 Å². The molecule has 0 radical (unpaired) electrons. The Morgan fingerprint density at radius 1 is 1.43 bits per heavy atom. The highest BCUT2D eigenvalue weighted by Gasteiger charge is 2.36. The van der Waals surface area contributed by atoms with Gasteiger partial charge in [0.05, 0.1) is 17.0 Å². The number of aliphatic carboxylic acids is 1. The summed E-state index contributed by atoms with van der Waals surface area (Å²) in [4.78, 5) is 28.1. The van der Waals surface area contributed by atoms with Gasteiger partial charge in [-0.15, -0.1) is 22.7 Å². The van der Waals surface area contributed by atoms with Gasteiger partial charge in [0, 0.05) is 0 Å². The number of alkyl halides is 3. The van der Waals surface area contributed by atoms with Crippen molar-refractivity contribution in [1.29, 1.82) is 0 Å². The second kappa shape index (κ2) is 6.67. The molecule has 0 spiro atoms. The first-order chi connectivity index (χ1) is 10.7. The third-order valence-electron chi connectivity index (χ3n) is 2.77. The van der Waals surface area contributed by atoms with E-state index in [9.17, 15) is 22.8 Å². The highest BCUT2D eigenvalue weighted by Crippen LogP contribution is 2.31. The summed E-state index contributed by atoms with van der Waals surface area (Å²) in [5.41, 5.74) is 0.340. The van der Waals surface area contributed by atoms with Crippen molar-refractivity contribution in [1.82, 2.24) is 10.3 Å². The number of halogens is 3. The summed E-state index contributed by atoms with van der Waals surface area (Å²) in [6, 6.07) is 1.57. The van der Waals surface area contributed by atoms with Gasteiger partial charge in [0.2, 0.25) is 0 Å². The molecule has 0 aliphatic carbocycles. The van der Waals surface area contributed by atoms with Crippen LogP contribution in [0.25, 0.3) is 9.88 Å². The van der Waals surface area contributed by atoms with Gasteiger partial charge in [-0.3, -0.25) is 4.79 Å². The van der Waals surface area contributed by atoms with E-state index in [1.165, 1.54) is 11.3 Å². The zero-order valence-electron chi connectivity index (χ0n) is 11.7. The molecule has 23 heavy (non-hydrogen) atoms. The van der Waals surface area contributed by atoms with E-state index in [0.717, 1.165) is 16.2 Å². The molecule has 1 amide bonds. The molecule has 2 aromatic heterocycles. The van der Waals surface area contributed by atoms with Crippen LogP contribution in [0.5, 0.6) is 0 Å². The Kier molecular flexibility index (Phi) is 5.05. The van der Waals surface area contributed by atoms with E-state index >= 15 is 0 Å². The van der Waals surface area contributed by atoms with E-state index in [-0.39, 0.29) is 4.88 Å². The standard InChI is InChI=1S/C13H11F3N2O3S2/c1-6-9(23-11(17-6)8-3-2-4-22-8)10(19)18-7(12(20)21)5-13(14,15)16/h2-4,7H,5H2,1H3,(H,18,19)(H,20,21). The smallest absolute Gasteiger partial charge is 0.391 e. The second-order valence-electron chi connectivity index (χ2n) is 4.59. The van der Waals surface area contributed by atoms with Crippen LogP contribution in [0, 0.1) is 6.92 Å². The van der Waals surface area contributed by atoms with Crippen molar-refractivity contribution < 1.29 is 27.9 Å². The van der Waals surface area contributed by atoms with Crippen molar-refractivity contribution in [3.8, 4) is 9.88 Å². The third-order valence-corrected chi connectivity index (χ3v) is 4.97. The van der Waals surface area contributed by atoms with Crippen LogP contribution in [-0.2, 0) is 4.79 Å². The number of nitrogens with one attached hydrogen (secondary N) is 1. The summed E-state index contributed by atoms with van der Waals surface area (Å²) >= 11 is 2.42. The summed E-state index contributed by atoms with van der Waals surface area (Å²) in [6.45, 7) is 1.54. The SMILES string of the molecule is Cc1nc(-c2cccs2)sc1C(=O)NC(CC(F)(F)F)C(=O)O. The lowest BCUT2D eigenvalue weighted by atomic mass is 10.2. The van der Waals surface area contributed by atoms with Crippen molar-refractivity contribution >= 4 is 34.6 Å². The minimum Gasteiger partial charge on any atom is -0.480 e. The maximum absolute atomic E-state index is 12.4. The molecular formula is C13H11F3N2O3S2. The van der Waals surface area contributed by atoms with Gasteiger partial charge in [0.15, 0.2) is 0 Å². The molecule has 0 bridgehead atoms. The zero-order chi connectivity index (χ0) is 17.2. The molecule has 2 heterocycles. The highest BCUT2D eigenvalue weighted by molar-refractivity contribution is 7.22. The summed E-state index contributed by atoms with van der Waals surface area (Å²) in [5, 5.41) is 13.1. The summed E-state index contributed by atoms with van der Waals surface area (Å²) in [7, 11) is 0. The maximum Gasteiger partial charge on any atom is 0.391 e. The number of thiophene rings is 1. The molecule has 1 atom stereocenters. The van der Waals surface area contributed by atoms with Crippen molar-refractivity contribution in [3.63, 3.8) is 0 Å². The van der Waals surface area contributed by atoms with Crippen molar-refractivity contribution in [2.45, 2.75) is 25.6 Å². The number of hydrogen-bond donors (Lipinski definition) is 2. The van der Waals surface area contributed by atoms with Crippen LogP contribution >= 0.6 is 22.7 Å². The fraction of sp³-hybridized carbons (Fsp3) is 0.308. The fourth-order valence-electron chi connectivity index (χ4n) is 1.77. The van der Waals surface area contributed by atoms with Gasteiger partial charge in [0.1, 0.15) is 15.9 Å². The molecule has 5 nitrogen and oxygen atoms in total. The van der Waals surface area contributed by atoms with Crippen LogP contribution in [0.2, 0.25) is 0 Å². The Balaban J connectivity index is 2.18. The molecule has 1 unspecified atom stereocenters. The van der Waals surface area contributed by atoms with Gasteiger partial charge in [-0.05, 0) is 18.4 Å². The number of aryl methyl sites for hydroxylation is 1. The van der Waals surface area contributed by atoms with E-state index in [1.54, 1.807) is 19.1 Å². The quantitative estimate of drug-likeness (QED) is 0.853. The zero-order valence-corrected chi connectivity index (χ0v) is 13.3. The van der Waals surface area contributed by atoms with E-state index in [4.69, 9.17) is 5.11 Å². The Hall–Kier alpha value is -1.94. The Labute approximate surface area is 136 Å². The number of hydrogen-bond acceptors (Lipinski definition) is 5.